The molecule has 2 radical (unpaired) electrons. The van der Waals surface area contributed by atoms with Crippen LogP contribution in [0.5, 0.6) is 0 Å². The molecular weight excluding hydrogens is 238 g/mol. The number of rotatable bonds is 2. The van der Waals surface area contributed by atoms with E-state index in [1.165, 1.54) is 12.3 Å². The van der Waals surface area contributed by atoms with Crippen LogP contribution in [0.4, 0.5) is 4.39 Å². The maximum Gasteiger partial charge on any atom is 0.212 e. The Morgan fingerprint density at radius 3 is 2.58 bits per heavy atom. The fraction of sp³-hybridized carbons (Fsp3) is 0.0667. The van der Waals surface area contributed by atoms with Crippen molar-refractivity contribution in [3.63, 3.8) is 0 Å². The Balaban J connectivity index is 2.33. The highest BCUT2D eigenvalue weighted by atomic mass is 19.1. The van der Waals surface area contributed by atoms with Gasteiger partial charge in [-0.25, -0.2) is 4.98 Å². The lowest BCUT2D eigenvalue weighted by Crippen LogP contribution is -1.96. The van der Waals surface area contributed by atoms with Gasteiger partial charge in [-0.3, -0.25) is 4.98 Å². The first kappa shape index (κ1) is 11.8. The number of hydrogen-bond acceptors (Lipinski definition) is 2. The Morgan fingerprint density at radius 1 is 1.00 bits per heavy atom. The highest BCUT2D eigenvalue weighted by Crippen LogP contribution is 2.30. The first-order valence-corrected chi connectivity index (χ1v) is 5.98. The average Bonchev–Trinajstić information content (AvgIpc) is 2.47. The summed E-state index contributed by atoms with van der Waals surface area (Å²) in [7, 11) is 5.75. The Labute approximate surface area is 111 Å². The van der Waals surface area contributed by atoms with Crippen LogP contribution in [0.3, 0.4) is 0 Å². The van der Waals surface area contributed by atoms with Crippen LogP contribution in [0.2, 0.25) is 0 Å². The van der Waals surface area contributed by atoms with Crippen molar-refractivity contribution in [2.24, 2.45) is 0 Å². The smallest absolute Gasteiger partial charge is 0.212 e. The summed E-state index contributed by atoms with van der Waals surface area (Å²) in [5.74, 6) is -0.494. The van der Waals surface area contributed by atoms with E-state index in [0.29, 0.717) is 6.32 Å². The van der Waals surface area contributed by atoms with E-state index in [2.05, 4.69) is 9.97 Å². The topological polar surface area (TPSA) is 25.8 Å². The molecule has 0 bridgehead atoms. The van der Waals surface area contributed by atoms with Crippen molar-refractivity contribution >= 4 is 18.6 Å². The summed E-state index contributed by atoms with van der Waals surface area (Å²) in [4.78, 5) is 8.08. The van der Waals surface area contributed by atoms with Gasteiger partial charge in [-0.15, -0.1) is 0 Å². The first-order valence-electron chi connectivity index (χ1n) is 5.98. The standard InChI is InChI=1S/C15H10BFN2/c16-7-13-15(11-5-6-14(17)19-9-11)12-4-2-1-3-10(12)8-18-13/h1-6,8-9H,7H2. The summed E-state index contributed by atoms with van der Waals surface area (Å²) in [5.41, 5.74) is 2.53. The maximum atomic E-state index is 12.9. The molecule has 0 amide bonds. The summed E-state index contributed by atoms with van der Waals surface area (Å²) in [5, 5.41) is 2.07. The molecule has 0 aliphatic carbocycles. The molecule has 4 heteroatoms. The molecule has 3 aromatic rings. The highest BCUT2D eigenvalue weighted by molar-refractivity contribution is 6.10. The van der Waals surface area contributed by atoms with Crippen LogP contribution in [0, 0.1) is 5.95 Å². The molecule has 3 rings (SSSR count). The van der Waals surface area contributed by atoms with Crippen molar-refractivity contribution in [2.75, 3.05) is 0 Å². The van der Waals surface area contributed by atoms with Gasteiger partial charge in [0, 0.05) is 34.6 Å². The van der Waals surface area contributed by atoms with Crippen LogP contribution < -0.4 is 0 Å². The normalized spacial score (nSPS) is 10.8. The largest absolute Gasteiger partial charge is 0.261 e. The molecule has 0 spiro atoms. The van der Waals surface area contributed by atoms with Crippen molar-refractivity contribution in [1.29, 1.82) is 0 Å². The number of fused-ring (bicyclic) bond motifs is 1. The zero-order valence-electron chi connectivity index (χ0n) is 10.2. The Morgan fingerprint density at radius 2 is 1.84 bits per heavy atom. The Hall–Kier alpha value is -2.23. The van der Waals surface area contributed by atoms with Gasteiger partial charge < -0.3 is 0 Å². The van der Waals surface area contributed by atoms with Crippen LogP contribution in [0.1, 0.15) is 5.69 Å². The van der Waals surface area contributed by atoms with Gasteiger partial charge in [0.15, 0.2) is 0 Å². The molecular formula is C15H10BFN2. The highest BCUT2D eigenvalue weighted by Gasteiger charge is 2.10. The first-order chi connectivity index (χ1) is 9.29. The fourth-order valence-corrected chi connectivity index (χ4v) is 2.21. The second kappa shape index (κ2) is 4.80. The van der Waals surface area contributed by atoms with Gasteiger partial charge in [-0.2, -0.15) is 4.39 Å². The minimum absolute atomic E-state index is 0.331. The van der Waals surface area contributed by atoms with Crippen LogP contribution in [-0.4, -0.2) is 17.8 Å². The average molecular weight is 248 g/mol. The number of aromatic nitrogens is 2. The third-order valence-electron chi connectivity index (χ3n) is 3.09. The van der Waals surface area contributed by atoms with Gasteiger partial charge in [-0.1, -0.05) is 24.3 Å². The number of benzene rings is 1. The minimum Gasteiger partial charge on any atom is -0.261 e. The van der Waals surface area contributed by atoms with Gasteiger partial charge in [0.2, 0.25) is 5.95 Å². The molecule has 90 valence electrons. The van der Waals surface area contributed by atoms with Crippen molar-refractivity contribution in [2.45, 2.75) is 6.32 Å². The quantitative estimate of drug-likeness (QED) is 0.514. The second-order valence-electron chi connectivity index (χ2n) is 4.24. The predicted molar refractivity (Wildman–Crippen MR) is 74.4 cm³/mol. The van der Waals surface area contributed by atoms with E-state index >= 15 is 0 Å². The minimum atomic E-state index is -0.494. The monoisotopic (exact) mass is 248 g/mol. The lowest BCUT2D eigenvalue weighted by atomic mass is 9.91. The molecule has 0 aliphatic rings. The number of halogens is 1. The molecule has 0 saturated heterocycles. The van der Waals surface area contributed by atoms with Gasteiger partial charge in [0.05, 0.1) is 7.85 Å². The summed E-state index contributed by atoms with van der Waals surface area (Å²) in [6.07, 6.45) is 3.65. The van der Waals surface area contributed by atoms with Crippen LogP contribution in [0.25, 0.3) is 21.9 Å². The van der Waals surface area contributed by atoms with E-state index in [0.717, 1.165) is 27.6 Å². The van der Waals surface area contributed by atoms with Crippen molar-refractivity contribution in [3.05, 3.63) is 60.4 Å². The molecule has 0 atom stereocenters. The third-order valence-corrected chi connectivity index (χ3v) is 3.09. The maximum absolute atomic E-state index is 12.9. The van der Waals surface area contributed by atoms with E-state index in [-0.39, 0.29) is 0 Å². The molecule has 0 aliphatic heterocycles. The van der Waals surface area contributed by atoms with E-state index in [9.17, 15) is 4.39 Å². The summed E-state index contributed by atoms with van der Waals surface area (Å²) in [6, 6.07) is 11.0. The Kier molecular flexibility index (Phi) is 2.99. The van der Waals surface area contributed by atoms with Gasteiger partial charge in [0.1, 0.15) is 0 Å². The number of hydrogen-bond donors (Lipinski definition) is 0. The van der Waals surface area contributed by atoms with Gasteiger partial charge in [0.25, 0.3) is 0 Å². The van der Waals surface area contributed by atoms with Crippen molar-refractivity contribution in [3.8, 4) is 11.1 Å². The van der Waals surface area contributed by atoms with Crippen LogP contribution in [0.15, 0.2) is 48.8 Å². The second-order valence-corrected chi connectivity index (χ2v) is 4.24. The van der Waals surface area contributed by atoms with Crippen LogP contribution in [-0.2, 0) is 6.32 Å². The zero-order valence-corrected chi connectivity index (χ0v) is 10.2. The van der Waals surface area contributed by atoms with E-state index in [1.807, 2.05) is 24.3 Å². The lowest BCUT2D eigenvalue weighted by molar-refractivity contribution is 0.584. The molecule has 2 nitrogen and oxygen atoms in total. The molecule has 0 N–H and O–H groups in total. The third kappa shape index (κ3) is 2.10. The summed E-state index contributed by atoms with van der Waals surface area (Å²) >= 11 is 0. The molecule has 19 heavy (non-hydrogen) atoms. The van der Waals surface area contributed by atoms with E-state index in [4.69, 9.17) is 7.85 Å². The molecule has 0 fully saturated rings. The lowest BCUT2D eigenvalue weighted by Gasteiger charge is -2.11. The van der Waals surface area contributed by atoms with Crippen molar-refractivity contribution < 1.29 is 4.39 Å². The van der Waals surface area contributed by atoms with Gasteiger partial charge in [-0.05, 0) is 23.8 Å². The molecule has 0 saturated carbocycles. The Bertz CT molecular complexity index is 726. The molecule has 1 aromatic carbocycles. The predicted octanol–water partition coefficient (Wildman–Crippen LogP) is 3.10. The SMILES string of the molecule is [B]Cc1ncc2ccccc2c1-c1ccc(F)nc1. The van der Waals surface area contributed by atoms with Gasteiger partial charge >= 0.3 is 0 Å². The van der Waals surface area contributed by atoms with Crippen molar-refractivity contribution in [1.82, 2.24) is 9.97 Å². The molecule has 2 heterocycles. The van der Waals surface area contributed by atoms with Crippen LogP contribution >= 0.6 is 0 Å². The molecule has 2 aromatic heterocycles. The summed E-state index contributed by atoms with van der Waals surface area (Å²) in [6.45, 7) is 0. The summed E-state index contributed by atoms with van der Waals surface area (Å²) < 4.78 is 12.9. The molecule has 0 unspecified atom stereocenters. The van der Waals surface area contributed by atoms with E-state index in [1.54, 1.807) is 12.3 Å². The number of nitrogens with zero attached hydrogens (tertiary/aromatic N) is 2. The fourth-order valence-electron chi connectivity index (χ4n) is 2.21. The van der Waals surface area contributed by atoms with E-state index < -0.39 is 5.95 Å². The number of pyridine rings is 2. The zero-order chi connectivity index (χ0) is 13.2.